The topological polar surface area (TPSA) is 103 Å². The summed E-state index contributed by atoms with van der Waals surface area (Å²) in [5.41, 5.74) is 3.28. The van der Waals surface area contributed by atoms with Gasteiger partial charge in [0.15, 0.2) is 11.5 Å². The van der Waals surface area contributed by atoms with E-state index < -0.39 is 11.7 Å². The van der Waals surface area contributed by atoms with Crippen molar-refractivity contribution in [3.8, 4) is 22.5 Å². The van der Waals surface area contributed by atoms with E-state index in [0.29, 0.717) is 5.82 Å². The smallest absolute Gasteiger partial charge is 0.460 e. The van der Waals surface area contributed by atoms with Crippen LogP contribution in [0.4, 0.5) is 5.69 Å². The molecule has 2 aromatic carbocycles. The van der Waals surface area contributed by atoms with Crippen LogP contribution in [-0.4, -0.2) is 39.3 Å². The van der Waals surface area contributed by atoms with Crippen LogP contribution >= 0.6 is 11.6 Å². The highest BCUT2D eigenvalue weighted by atomic mass is 35.5. The molecule has 0 saturated carbocycles. The van der Waals surface area contributed by atoms with E-state index in [1.165, 1.54) is 0 Å². The number of benzene rings is 2. The SMILES string of the molecule is CCCCC1N(C)C(Cl)=C(C(=O)O)N1c1ccc(-c2ccccc2-c2nc(=O)o[nH]2)cc1. The van der Waals surface area contributed by atoms with E-state index in [-0.39, 0.29) is 17.0 Å². The fraction of sp³-hybridized carbons (Fsp3) is 0.261. The highest BCUT2D eigenvalue weighted by Crippen LogP contribution is 2.38. The molecule has 0 fully saturated rings. The van der Waals surface area contributed by atoms with Crippen molar-refractivity contribution >= 4 is 23.3 Å². The van der Waals surface area contributed by atoms with E-state index in [2.05, 4.69) is 17.1 Å². The quantitative estimate of drug-likeness (QED) is 0.508. The number of H-pyrrole nitrogens is 1. The number of nitrogens with one attached hydrogen (secondary N) is 1. The van der Waals surface area contributed by atoms with Crippen LogP contribution in [0.25, 0.3) is 22.5 Å². The summed E-state index contributed by atoms with van der Waals surface area (Å²) >= 11 is 6.40. The van der Waals surface area contributed by atoms with Crippen LogP contribution in [0.2, 0.25) is 0 Å². The van der Waals surface area contributed by atoms with Gasteiger partial charge in [-0.05, 0) is 36.1 Å². The number of carboxylic acids is 1. The number of aromatic nitrogens is 2. The number of aromatic amines is 1. The first-order valence-corrected chi connectivity index (χ1v) is 10.7. The zero-order valence-corrected chi connectivity index (χ0v) is 18.5. The van der Waals surface area contributed by atoms with Gasteiger partial charge in [-0.2, -0.15) is 10.1 Å². The molecule has 2 N–H and O–H groups in total. The van der Waals surface area contributed by atoms with E-state index in [0.717, 1.165) is 41.6 Å². The third kappa shape index (κ3) is 3.89. The van der Waals surface area contributed by atoms with E-state index in [4.69, 9.17) is 16.1 Å². The number of aliphatic carboxylic acids is 1. The Morgan fingerprint density at radius 3 is 2.47 bits per heavy atom. The molecule has 0 radical (unpaired) electrons. The lowest BCUT2D eigenvalue weighted by atomic mass is 9.99. The minimum absolute atomic E-state index is 0.0728. The predicted molar refractivity (Wildman–Crippen MR) is 122 cm³/mol. The second-order valence-electron chi connectivity index (χ2n) is 7.57. The number of carbonyl (C=O) groups is 1. The molecule has 166 valence electrons. The number of rotatable bonds is 7. The number of anilines is 1. The van der Waals surface area contributed by atoms with Gasteiger partial charge in [-0.15, -0.1) is 0 Å². The van der Waals surface area contributed by atoms with E-state index >= 15 is 0 Å². The summed E-state index contributed by atoms with van der Waals surface area (Å²) in [6.07, 6.45) is 2.55. The van der Waals surface area contributed by atoms with Crippen molar-refractivity contribution in [1.82, 2.24) is 15.0 Å². The van der Waals surface area contributed by atoms with Gasteiger partial charge in [0.2, 0.25) is 0 Å². The Morgan fingerprint density at radius 1 is 1.19 bits per heavy atom. The Bertz CT molecular complexity index is 1210. The normalized spacial score (nSPS) is 16.2. The van der Waals surface area contributed by atoms with Gasteiger partial charge in [0, 0.05) is 18.3 Å². The predicted octanol–water partition coefficient (Wildman–Crippen LogP) is 4.46. The van der Waals surface area contributed by atoms with Crippen molar-refractivity contribution in [1.29, 1.82) is 0 Å². The minimum atomic E-state index is -1.06. The molecule has 1 aliphatic rings. The highest BCUT2D eigenvalue weighted by molar-refractivity contribution is 6.32. The molecule has 0 spiro atoms. The van der Waals surface area contributed by atoms with Crippen LogP contribution in [0.3, 0.4) is 0 Å². The Balaban J connectivity index is 1.72. The summed E-state index contributed by atoms with van der Waals surface area (Å²) in [6, 6.07) is 15.1. The second kappa shape index (κ2) is 8.92. The fourth-order valence-electron chi connectivity index (χ4n) is 4.01. The summed E-state index contributed by atoms with van der Waals surface area (Å²) in [7, 11) is 1.81. The number of nitrogens with zero attached hydrogens (tertiary/aromatic N) is 3. The number of unbranched alkanes of at least 4 members (excludes halogenated alkanes) is 1. The zero-order chi connectivity index (χ0) is 22.8. The number of carboxylic acid groups (broad SMARTS) is 1. The molecular formula is C23H23ClN4O4. The van der Waals surface area contributed by atoms with Crippen molar-refractivity contribution in [3.63, 3.8) is 0 Å². The van der Waals surface area contributed by atoms with Gasteiger partial charge in [0.1, 0.15) is 11.3 Å². The monoisotopic (exact) mass is 454 g/mol. The van der Waals surface area contributed by atoms with Crippen LogP contribution in [0, 0.1) is 0 Å². The third-order valence-corrected chi connectivity index (χ3v) is 6.03. The first-order valence-electron chi connectivity index (χ1n) is 10.3. The van der Waals surface area contributed by atoms with E-state index in [1.54, 1.807) is 4.90 Å². The molecule has 0 saturated heterocycles. The molecule has 1 aromatic heterocycles. The number of hydrogen-bond donors (Lipinski definition) is 2. The Morgan fingerprint density at radius 2 is 1.88 bits per heavy atom. The third-order valence-electron chi connectivity index (χ3n) is 5.59. The first kappa shape index (κ1) is 21.7. The van der Waals surface area contributed by atoms with Crippen LogP contribution in [0.15, 0.2) is 68.7 Å². The molecule has 9 heteroatoms. The zero-order valence-electron chi connectivity index (χ0n) is 17.7. The fourth-order valence-corrected chi connectivity index (χ4v) is 4.29. The van der Waals surface area contributed by atoms with Crippen molar-refractivity contribution in [2.24, 2.45) is 0 Å². The summed E-state index contributed by atoms with van der Waals surface area (Å²) < 4.78 is 4.72. The maximum absolute atomic E-state index is 12.0. The van der Waals surface area contributed by atoms with E-state index in [9.17, 15) is 14.7 Å². The first-order chi connectivity index (χ1) is 15.4. The molecule has 0 aliphatic carbocycles. The molecule has 32 heavy (non-hydrogen) atoms. The van der Waals surface area contributed by atoms with Crippen molar-refractivity contribution < 1.29 is 14.4 Å². The summed E-state index contributed by atoms with van der Waals surface area (Å²) in [4.78, 5) is 30.8. The molecule has 4 rings (SSSR count). The van der Waals surface area contributed by atoms with Gasteiger partial charge < -0.3 is 19.4 Å². The van der Waals surface area contributed by atoms with Gasteiger partial charge in [0.05, 0.1) is 0 Å². The van der Waals surface area contributed by atoms with Gasteiger partial charge in [-0.25, -0.2) is 9.59 Å². The molecule has 0 amide bonds. The maximum atomic E-state index is 12.0. The lowest BCUT2D eigenvalue weighted by Gasteiger charge is -2.32. The van der Waals surface area contributed by atoms with Gasteiger partial charge in [-0.3, -0.25) is 0 Å². The Labute approximate surface area is 189 Å². The van der Waals surface area contributed by atoms with Crippen LogP contribution in [-0.2, 0) is 4.79 Å². The van der Waals surface area contributed by atoms with Crippen molar-refractivity contribution in [2.75, 3.05) is 11.9 Å². The molecule has 2 heterocycles. The van der Waals surface area contributed by atoms with Crippen LogP contribution in [0.1, 0.15) is 26.2 Å². The average molecular weight is 455 g/mol. The lowest BCUT2D eigenvalue weighted by Crippen LogP contribution is -2.39. The molecule has 1 unspecified atom stereocenters. The molecule has 0 bridgehead atoms. The minimum Gasteiger partial charge on any atom is -0.476 e. The molecule has 1 aliphatic heterocycles. The van der Waals surface area contributed by atoms with Crippen LogP contribution in [0.5, 0.6) is 0 Å². The van der Waals surface area contributed by atoms with Crippen molar-refractivity contribution in [3.05, 3.63) is 69.9 Å². The molecule has 1 atom stereocenters. The second-order valence-corrected chi connectivity index (χ2v) is 7.93. The molecular weight excluding hydrogens is 432 g/mol. The van der Waals surface area contributed by atoms with E-state index in [1.807, 2.05) is 60.5 Å². The van der Waals surface area contributed by atoms with Gasteiger partial charge in [0.25, 0.3) is 0 Å². The molecule has 8 nitrogen and oxygen atoms in total. The number of halogens is 1. The number of hydrogen-bond acceptors (Lipinski definition) is 6. The largest absolute Gasteiger partial charge is 0.476 e. The standard InChI is InChI=1S/C23H23ClN4O4/c1-3-4-9-18-27(2)20(24)19(22(29)30)28(18)15-12-10-14(11-13-15)16-7-5-6-8-17(16)21-25-23(31)32-26-21/h5-8,10-13,18H,3-4,9H2,1-2H3,(H,29,30)(H,25,26,31). The Hall–Kier alpha value is -3.52. The summed E-state index contributed by atoms with van der Waals surface area (Å²) in [5.74, 6) is -1.41. The van der Waals surface area contributed by atoms with Gasteiger partial charge in [-0.1, -0.05) is 61.3 Å². The maximum Gasteiger partial charge on any atom is 0.460 e. The van der Waals surface area contributed by atoms with Gasteiger partial charge >= 0.3 is 11.7 Å². The van der Waals surface area contributed by atoms with Crippen molar-refractivity contribution in [2.45, 2.75) is 32.4 Å². The highest BCUT2D eigenvalue weighted by Gasteiger charge is 2.39. The summed E-state index contributed by atoms with van der Waals surface area (Å²) in [5, 5.41) is 12.6. The van der Waals surface area contributed by atoms with Crippen LogP contribution < -0.4 is 10.7 Å². The lowest BCUT2D eigenvalue weighted by molar-refractivity contribution is -0.132. The average Bonchev–Trinajstić information content (AvgIpc) is 3.34. The Kier molecular flexibility index (Phi) is 6.05. The molecule has 3 aromatic rings. The summed E-state index contributed by atoms with van der Waals surface area (Å²) in [6.45, 7) is 2.10.